The molecule has 248 valence electrons. The Morgan fingerprint density at radius 2 is 1.78 bits per heavy atom. The van der Waals surface area contributed by atoms with E-state index in [9.17, 15) is 23.3 Å². The zero-order valence-corrected chi connectivity index (χ0v) is 27.6. The lowest BCUT2D eigenvalue weighted by Gasteiger charge is -2.27. The predicted octanol–water partition coefficient (Wildman–Crippen LogP) is 5.94. The quantitative estimate of drug-likeness (QED) is 0.120. The minimum Gasteiger partial charge on any atom is -0.444 e. The maximum absolute atomic E-state index is 12.1. The van der Waals surface area contributed by atoms with Crippen molar-refractivity contribution in [3.8, 4) is 11.1 Å². The van der Waals surface area contributed by atoms with Crippen molar-refractivity contribution < 1.29 is 27.1 Å². The topological polar surface area (TPSA) is 175 Å². The molecule has 0 bridgehead atoms. The summed E-state index contributed by atoms with van der Waals surface area (Å²) in [6.07, 6.45) is 4.10. The van der Waals surface area contributed by atoms with Gasteiger partial charge < -0.3 is 20.7 Å². The summed E-state index contributed by atoms with van der Waals surface area (Å²) >= 11 is 0. The summed E-state index contributed by atoms with van der Waals surface area (Å²) in [7, 11) is -3.50. The molecular formula is C32H42N6O7S. The number of hydrogen-bond donors (Lipinski definition) is 3. The molecule has 1 aliphatic carbocycles. The molecule has 1 fully saturated rings. The Hall–Kier alpha value is -4.30. The van der Waals surface area contributed by atoms with Crippen molar-refractivity contribution in [3.63, 3.8) is 0 Å². The number of aromatic nitrogens is 2. The fraction of sp³-hybridized carbons (Fsp3) is 0.469. The van der Waals surface area contributed by atoms with Gasteiger partial charge >= 0.3 is 11.8 Å². The van der Waals surface area contributed by atoms with Crippen LogP contribution in [0.2, 0.25) is 0 Å². The second-order valence-electron chi connectivity index (χ2n) is 12.5. The first-order valence-corrected chi connectivity index (χ1v) is 17.0. The van der Waals surface area contributed by atoms with Crippen molar-refractivity contribution in [1.82, 2.24) is 15.3 Å². The molecule has 0 aliphatic heterocycles. The lowest BCUT2D eigenvalue weighted by molar-refractivity contribution is -0.384. The van der Waals surface area contributed by atoms with E-state index >= 15 is 0 Å². The van der Waals surface area contributed by atoms with E-state index in [4.69, 9.17) is 8.92 Å². The molecule has 0 spiro atoms. The number of benzene rings is 2. The summed E-state index contributed by atoms with van der Waals surface area (Å²) in [6.45, 7) is 8.65. The van der Waals surface area contributed by atoms with Crippen LogP contribution in [0.5, 0.6) is 0 Å². The number of nitro groups is 1. The van der Waals surface area contributed by atoms with Crippen LogP contribution in [0, 0.1) is 23.0 Å². The molecule has 3 N–H and O–H groups in total. The first-order valence-electron chi connectivity index (χ1n) is 15.2. The third-order valence-electron chi connectivity index (χ3n) is 7.59. The Balaban J connectivity index is 1.39. The first kappa shape index (κ1) is 34.6. The SMILES string of the molecule is Cc1c(CNc2ncc([N+](=O)[O-])c(NC[C@H]3CC[C@@H](OS(C)(=O)=O)CC3)n2)cccc1-c1cccc(CNC(=O)OC(C)(C)C)c1. The van der Waals surface area contributed by atoms with Crippen LogP contribution in [0.4, 0.5) is 22.2 Å². The van der Waals surface area contributed by atoms with Gasteiger partial charge in [0.05, 0.1) is 17.3 Å². The molecule has 0 radical (unpaired) electrons. The number of amides is 1. The van der Waals surface area contributed by atoms with Gasteiger partial charge in [0.25, 0.3) is 10.1 Å². The minimum atomic E-state index is -3.50. The molecular weight excluding hydrogens is 612 g/mol. The number of nitrogens with one attached hydrogen (secondary N) is 3. The van der Waals surface area contributed by atoms with E-state index in [1.54, 1.807) is 0 Å². The zero-order chi connectivity index (χ0) is 33.5. The van der Waals surface area contributed by atoms with Gasteiger partial charge in [-0.2, -0.15) is 13.4 Å². The Morgan fingerprint density at radius 1 is 1.07 bits per heavy atom. The fourth-order valence-electron chi connectivity index (χ4n) is 5.34. The van der Waals surface area contributed by atoms with Gasteiger partial charge in [-0.15, -0.1) is 0 Å². The summed E-state index contributed by atoms with van der Waals surface area (Å²) < 4.78 is 33.3. The van der Waals surface area contributed by atoms with Gasteiger partial charge in [-0.3, -0.25) is 14.3 Å². The van der Waals surface area contributed by atoms with Crippen molar-refractivity contribution in [2.45, 2.75) is 78.2 Å². The largest absolute Gasteiger partial charge is 0.444 e. The summed E-state index contributed by atoms with van der Waals surface area (Å²) in [5.74, 6) is 0.569. The van der Waals surface area contributed by atoms with Gasteiger partial charge in [-0.05, 0) is 93.2 Å². The molecule has 3 aromatic rings. The van der Waals surface area contributed by atoms with Gasteiger partial charge in [0.1, 0.15) is 11.8 Å². The predicted molar refractivity (Wildman–Crippen MR) is 176 cm³/mol. The van der Waals surface area contributed by atoms with Crippen LogP contribution in [0.15, 0.2) is 48.7 Å². The van der Waals surface area contributed by atoms with Crippen LogP contribution in [0.3, 0.4) is 0 Å². The highest BCUT2D eigenvalue weighted by Crippen LogP contribution is 2.30. The monoisotopic (exact) mass is 654 g/mol. The number of ether oxygens (including phenoxy) is 1. The van der Waals surface area contributed by atoms with Crippen molar-refractivity contribution in [2.24, 2.45) is 5.92 Å². The van der Waals surface area contributed by atoms with E-state index in [0.717, 1.165) is 46.9 Å². The summed E-state index contributed by atoms with van der Waals surface area (Å²) in [6, 6.07) is 13.9. The highest BCUT2D eigenvalue weighted by molar-refractivity contribution is 7.86. The molecule has 0 atom stereocenters. The molecule has 1 saturated carbocycles. The molecule has 0 saturated heterocycles. The van der Waals surface area contributed by atoms with Gasteiger partial charge in [-0.1, -0.05) is 36.4 Å². The minimum absolute atomic E-state index is 0.124. The molecule has 1 amide bonds. The van der Waals surface area contributed by atoms with Crippen LogP contribution in [-0.4, -0.2) is 53.9 Å². The zero-order valence-electron chi connectivity index (χ0n) is 26.8. The molecule has 0 unspecified atom stereocenters. The lowest BCUT2D eigenvalue weighted by atomic mass is 9.87. The normalized spacial score (nSPS) is 16.8. The molecule has 1 heterocycles. The molecule has 4 rings (SSSR count). The second kappa shape index (κ2) is 14.9. The van der Waals surface area contributed by atoms with Crippen LogP contribution in [0.1, 0.15) is 63.1 Å². The average molecular weight is 655 g/mol. The van der Waals surface area contributed by atoms with Crippen LogP contribution in [0.25, 0.3) is 11.1 Å². The number of alkyl carbamates (subject to hydrolysis) is 1. The number of rotatable bonds is 12. The fourth-order valence-corrected chi connectivity index (χ4v) is 6.03. The molecule has 46 heavy (non-hydrogen) atoms. The van der Waals surface area contributed by atoms with Crippen LogP contribution in [-0.2, 0) is 32.1 Å². The Morgan fingerprint density at radius 3 is 2.46 bits per heavy atom. The molecule has 13 nitrogen and oxygen atoms in total. The smallest absolute Gasteiger partial charge is 0.407 e. The Bertz CT molecular complexity index is 1650. The molecule has 14 heteroatoms. The number of carbonyl (C=O) groups excluding carboxylic acids is 1. The summed E-state index contributed by atoms with van der Waals surface area (Å²) in [4.78, 5) is 31.8. The van der Waals surface area contributed by atoms with Crippen LogP contribution >= 0.6 is 0 Å². The van der Waals surface area contributed by atoms with E-state index in [1.165, 1.54) is 6.20 Å². The van der Waals surface area contributed by atoms with Crippen molar-refractivity contribution >= 4 is 33.7 Å². The molecule has 1 aliphatic rings. The number of nitrogens with zero attached hydrogens (tertiary/aromatic N) is 3. The third-order valence-corrected chi connectivity index (χ3v) is 8.21. The summed E-state index contributed by atoms with van der Waals surface area (Å²) in [5, 5.41) is 20.8. The van der Waals surface area contributed by atoms with E-state index in [1.807, 2.05) is 70.2 Å². The van der Waals surface area contributed by atoms with Crippen molar-refractivity contribution in [2.75, 3.05) is 23.4 Å². The number of hydrogen-bond acceptors (Lipinski definition) is 11. The van der Waals surface area contributed by atoms with Gasteiger partial charge in [-0.25, -0.2) is 9.78 Å². The van der Waals surface area contributed by atoms with Gasteiger partial charge in [0.2, 0.25) is 11.8 Å². The maximum Gasteiger partial charge on any atom is 0.407 e. The van der Waals surface area contributed by atoms with Gasteiger partial charge in [0.15, 0.2) is 0 Å². The van der Waals surface area contributed by atoms with Crippen molar-refractivity contribution in [1.29, 1.82) is 0 Å². The highest BCUT2D eigenvalue weighted by Gasteiger charge is 2.26. The summed E-state index contributed by atoms with van der Waals surface area (Å²) in [5.41, 5.74) is 4.21. The second-order valence-corrected chi connectivity index (χ2v) is 14.1. The average Bonchev–Trinajstić information content (AvgIpc) is 2.97. The standard InChI is InChI=1S/C32H42N6O7S/c1-21-25(10-7-11-27(21)24-9-6-8-23(16-24)18-36-31(39)44-32(2,3)4)19-34-30-35-20-28(38(40)41)29(37-30)33-17-22-12-14-26(15-13-22)45-46(5,42)43/h6-11,16,20,22,26H,12-15,17-19H2,1-5H3,(H,36,39)(H2,33,34,35,37)/t22-,26+. The highest BCUT2D eigenvalue weighted by atomic mass is 32.2. The molecule has 1 aromatic heterocycles. The number of anilines is 2. The first-order chi connectivity index (χ1) is 21.7. The van der Waals surface area contributed by atoms with E-state index in [2.05, 4.69) is 25.9 Å². The van der Waals surface area contributed by atoms with Crippen LogP contribution < -0.4 is 16.0 Å². The van der Waals surface area contributed by atoms with E-state index in [0.29, 0.717) is 32.5 Å². The number of carbonyl (C=O) groups is 1. The molecule has 2 aromatic carbocycles. The third kappa shape index (κ3) is 10.4. The van der Waals surface area contributed by atoms with E-state index in [-0.39, 0.29) is 29.5 Å². The van der Waals surface area contributed by atoms with Gasteiger partial charge in [0, 0.05) is 19.6 Å². The Labute approximate surface area is 269 Å². The Kier molecular flexibility index (Phi) is 11.2. The lowest BCUT2D eigenvalue weighted by Crippen LogP contribution is -2.32. The maximum atomic E-state index is 12.1. The van der Waals surface area contributed by atoms with Crippen molar-refractivity contribution in [3.05, 3.63) is 75.5 Å². The van der Waals surface area contributed by atoms with E-state index < -0.39 is 26.7 Å².